The molecule has 0 unspecified atom stereocenters. The highest BCUT2D eigenvalue weighted by Crippen LogP contribution is 2.06. The van der Waals surface area contributed by atoms with E-state index in [0.29, 0.717) is 37.9 Å². The van der Waals surface area contributed by atoms with Crippen LogP contribution in [0.2, 0.25) is 0 Å². The first-order chi connectivity index (χ1) is 13.0. The number of nitrogens with zero attached hydrogens (tertiary/aromatic N) is 1. The van der Waals surface area contributed by atoms with Gasteiger partial charge in [-0.2, -0.15) is 5.26 Å². The molecule has 1 aromatic rings. The summed E-state index contributed by atoms with van der Waals surface area (Å²) in [5, 5.41) is 23.1. The third-order valence-electron chi connectivity index (χ3n) is 3.65. The standard InChI is InChI=1S/C19H23N3O5/c1-27-19(26)15-8-6-14(7-9-15)12-21-13-16(11-20)18(25)22-10-4-2-3-5-17(23)24/h6-9,13,21H,2-5,10,12H2,1H3,(H,22,25)(H,23,24)/b16-13-. The van der Waals surface area contributed by atoms with Crippen LogP contribution < -0.4 is 10.6 Å². The minimum Gasteiger partial charge on any atom is -0.481 e. The lowest BCUT2D eigenvalue weighted by Crippen LogP contribution is -2.26. The summed E-state index contributed by atoms with van der Waals surface area (Å²) in [4.78, 5) is 33.7. The van der Waals surface area contributed by atoms with Gasteiger partial charge in [-0.1, -0.05) is 18.6 Å². The molecule has 0 aromatic heterocycles. The third-order valence-corrected chi connectivity index (χ3v) is 3.65. The highest BCUT2D eigenvalue weighted by atomic mass is 16.5. The topological polar surface area (TPSA) is 129 Å². The number of hydrogen-bond donors (Lipinski definition) is 3. The number of carbonyl (C=O) groups excluding carboxylic acids is 2. The monoisotopic (exact) mass is 373 g/mol. The molecular weight excluding hydrogens is 350 g/mol. The molecular formula is C19H23N3O5. The van der Waals surface area contributed by atoms with Gasteiger partial charge in [-0.3, -0.25) is 9.59 Å². The van der Waals surface area contributed by atoms with Crippen LogP contribution in [-0.4, -0.2) is 36.6 Å². The number of benzene rings is 1. The Balaban J connectivity index is 2.39. The smallest absolute Gasteiger partial charge is 0.337 e. The number of rotatable bonds is 11. The molecule has 1 amide bonds. The summed E-state index contributed by atoms with van der Waals surface area (Å²) in [6.45, 7) is 0.765. The average molecular weight is 373 g/mol. The molecule has 0 fully saturated rings. The number of methoxy groups -OCH3 is 1. The predicted octanol–water partition coefficient (Wildman–Crippen LogP) is 1.73. The number of carbonyl (C=O) groups is 3. The first-order valence-electron chi connectivity index (χ1n) is 8.48. The number of hydrogen-bond acceptors (Lipinski definition) is 6. The van der Waals surface area contributed by atoms with Crippen molar-refractivity contribution in [2.24, 2.45) is 0 Å². The van der Waals surface area contributed by atoms with Gasteiger partial charge in [-0.25, -0.2) is 4.79 Å². The maximum atomic E-state index is 11.9. The van der Waals surface area contributed by atoms with Gasteiger partial charge < -0.3 is 20.5 Å². The van der Waals surface area contributed by atoms with Crippen LogP contribution in [0.1, 0.15) is 41.6 Å². The molecule has 0 atom stereocenters. The summed E-state index contributed by atoms with van der Waals surface area (Å²) in [6.07, 6.45) is 3.36. The number of aliphatic carboxylic acids is 1. The van der Waals surface area contributed by atoms with E-state index in [1.54, 1.807) is 24.3 Å². The number of carboxylic acids is 1. The van der Waals surface area contributed by atoms with Gasteiger partial charge in [0.15, 0.2) is 0 Å². The van der Waals surface area contributed by atoms with Crippen LogP contribution >= 0.6 is 0 Å². The van der Waals surface area contributed by atoms with Crippen molar-refractivity contribution < 1.29 is 24.2 Å². The summed E-state index contributed by atoms with van der Waals surface area (Å²) >= 11 is 0. The van der Waals surface area contributed by atoms with Gasteiger partial charge in [0, 0.05) is 25.7 Å². The van der Waals surface area contributed by atoms with Gasteiger partial charge in [-0.15, -0.1) is 0 Å². The maximum absolute atomic E-state index is 11.9. The van der Waals surface area contributed by atoms with E-state index in [2.05, 4.69) is 15.4 Å². The number of unbranched alkanes of at least 4 members (excludes halogenated alkanes) is 2. The van der Waals surface area contributed by atoms with Crippen molar-refractivity contribution in [2.75, 3.05) is 13.7 Å². The molecule has 0 aliphatic rings. The molecule has 0 saturated carbocycles. The SMILES string of the molecule is COC(=O)c1ccc(CN/C=C(/C#N)C(=O)NCCCCCC(=O)O)cc1. The molecule has 8 heteroatoms. The van der Waals surface area contributed by atoms with E-state index in [1.807, 2.05) is 6.07 Å². The Bertz CT molecular complexity index is 720. The fraction of sp³-hybridized carbons (Fsp3) is 0.368. The summed E-state index contributed by atoms with van der Waals surface area (Å²) in [5.41, 5.74) is 1.26. The minimum atomic E-state index is -0.834. The minimum absolute atomic E-state index is 0.0493. The van der Waals surface area contributed by atoms with Crippen LogP contribution in [0.5, 0.6) is 0 Å². The van der Waals surface area contributed by atoms with E-state index in [-0.39, 0.29) is 12.0 Å². The average Bonchev–Trinajstić information content (AvgIpc) is 2.67. The molecule has 144 valence electrons. The normalized spacial score (nSPS) is 10.6. The van der Waals surface area contributed by atoms with Crippen LogP contribution in [0.4, 0.5) is 0 Å². The Morgan fingerprint density at radius 2 is 1.89 bits per heavy atom. The maximum Gasteiger partial charge on any atom is 0.337 e. The van der Waals surface area contributed by atoms with Gasteiger partial charge in [0.25, 0.3) is 5.91 Å². The first kappa shape index (κ1) is 21.7. The largest absolute Gasteiger partial charge is 0.481 e. The Labute approximate surface area is 157 Å². The molecule has 0 heterocycles. The van der Waals surface area contributed by atoms with Gasteiger partial charge in [0.05, 0.1) is 12.7 Å². The molecule has 1 aromatic carbocycles. The zero-order valence-electron chi connectivity index (χ0n) is 15.2. The summed E-state index contributed by atoms with van der Waals surface area (Å²) in [7, 11) is 1.31. The Hall–Kier alpha value is -3.34. The molecule has 27 heavy (non-hydrogen) atoms. The third kappa shape index (κ3) is 8.54. The highest BCUT2D eigenvalue weighted by Gasteiger charge is 2.08. The molecule has 0 aliphatic carbocycles. The van der Waals surface area contributed by atoms with Gasteiger partial charge in [0.2, 0.25) is 0 Å². The van der Waals surface area contributed by atoms with Crippen molar-refractivity contribution in [2.45, 2.75) is 32.2 Å². The molecule has 0 bridgehead atoms. The van der Waals surface area contributed by atoms with Crippen LogP contribution in [0.3, 0.4) is 0 Å². The lowest BCUT2D eigenvalue weighted by molar-refractivity contribution is -0.137. The van der Waals surface area contributed by atoms with Gasteiger partial charge in [0.1, 0.15) is 11.6 Å². The van der Waals surface area contributed by atoms with Crippen LogP contribution in [0, 0.1) is 11.3 Å². The zero-order valence-corrected chi connectivity index (χ0v) is 15.2. The van der Waals surface area contributed by atoms with Crippen molar-refractivity contribution >= 4 is 17.8 Å². The number of nitriles is 1. The van der Waals surface area contributed by atoms with E-state index in [0.717, 1.165) is 5.56 Å². The van der Waals surface area contributed by atoms with Crippen molar-refractivity contribution in [3.8, 4) is 6.07 Å². The van der Waals surface area contributed by atoms with E-state index in [1.165, 1.54) is 13.3 Å². The summed E-state index contributed by atoms with van der Waals surface area (Å²) < 4.78 is 4.62. The van der Waals surface area contributed by atoms with E-state index >= 15 is 0 Å². The fourth-order valence-electron chi connectivity index (χ4n) is 2.17. The summed E-state index contributed by atoms with van der Waals surface area (Å²) in [5.74, 6) is -1.73. The second-order valence-electron chi connectivity index (χ2n) is 5.70. The van der Waals surface area contributed by atoms with Crippen molar-refractivity contribution in [3.05, 3.63) is 47.2 Å². The van der Waals surface area contributed by atoms with E-state index < -0.39 is 17.8 Å². The predicted molar refractivity (Wildman–Crippen MR) is 97.4 cm³/mol. The second-order valence-corrected chi connectivity index (χ2v) is 5.70. The molecule has 0 aliphatic heterocycles. The second kappa shape index (κ2) is 12.1. The number of amides is 1. The number of nitrogens with one attached hydrogen (secondary N) is 2. The van der Waals surface area contributed by atoms with Crippen LogP contribution in [-0.2, 0) is 20.9 Å². The Kier molecular flexibility index (Phi) is 9.71. The van der Waals surface area contributed by atoms with Crippen molar-refractivity contribution in [1.82, 2.24) is 10.6 Å². The molecule has 0 saturated heterocycles. The molecule has 0 radical (unpaired) electrons. The molecule has 0 spiro atoms. The fourth-order valence-corrected chi connectivity index (χ4v) is 2.17. The Morgan fingerprint density at radius 3 is 2.48 bits per heavy atom. The van der Waals surface area contributed by atoms with Crippen LogP contribution in [0.15, 0.2) is 36.0 Å². The molecule has 3 N–H and O–H groups in total. The van der Waals surface area contributed by atoms with E-state index in [4.69, 9.17) is 10.4 Å². The van der Waals surface area contributed by atoms with Crippen molar-refractivity contribution in [1.29, 1.82) is 5.26 Å². The highest BCUT2D eigenvalue weighted by molar-refractivity contribution is 5.97. The van der Waals surface area contributed by atoms with Crippen molar-refractivity contribution in [3.63, 3.8) is 0 Å². The molecule has 1 rings (SSSR count). The Morgan fingerprint density at radius 1 is 1.19 bits per heavy atom. The zero-order chi connectivity index (χ0) is 20.1. The number of ether oxygens (including phenoxy) is 1. The molecule has 8 nitrogen and oxygen atoms in total. The summed E-state index contributed by atoms with van der Waals surface area (Å²) in [6, 6.07) is 8.59. The lowest BCUT2D eigenvalue weighted by atomic mass is 10.1. The van der Waals surface area contributed by atoms with E-state index in [9.17, 15) is 14.4 Å². The first-order valence-corrected chi connectivity index (χ1v) is 8.48. The van der Waals surface area contributed by atoms with Gasteiger partial charge in [-0.05, 0) is 30.5 Å². The van der Waals surface area contributed by atoms with Gasteiger partial charge >= 0.3 is 11.9 Å². The number of esters is 1. The number of carboxylic acid groups (broad SMARTS) is 1. The quantitative estimate of drug-likeness (QED) is 0.233. The van der Waals surface area contributed by atoms with Crippen LogP contribution in [0.25, 0.3) is 0 Å². The lowest BCUT2D eigenvalue weighted by Gasteiger charge is -2.06.